The summed E-state index contributed by atoms with van der Waals surface area (Å²) in [7, 11) is 0. The molecule has 1 amide bonds. The predicted octanol–water partition coefficient (Wildman–Crippen LogP) is 2.76. The van der Waals surface area contributed by atoms with Crippen LogP contribution in [0, 0.1) is 0 Å². The van der Waals surface area contributed by atoms with Crippen molar-refractivity contribution in [1.29, 1.82) is 0 Å². The number of hydrogen-bond donors (Lipinski definition) is 2. The minimum absolute atomic E-state index is 0.124. The van der Waals surface area contributed by atoms with Crippen LogP contribution in [0.25, 0.3) is 0 Å². The number of hydrogen-bond acceptors (Lipinski definition) is 4. The van der Waals surface area contributed by atoms with Gasteiger partial charge in [-0.15, -0.1) is 0 Å². The van der Waals surface area contributed by atoms with Crippen LogP contribution in [0.5, 0.6) is 0 Å². The molecule has 3 rings (SSSR count). The van der Waals surface area contributed by atoms with Gasteiger partial charge in [0.05, 0.1) is 11.1 Å². The number of nitrogens with one attached hydrogen (secondary N) is 2. The maximum atomic E-state index is 13.2. The van der Waals surface area contributed by atoms with Crippen molar-refractivity contribution < 1.29 is 18.0 Å². The Morgan fingerprint density at radius 1 is 1.23 bits per heavy atom. The number of benzene rings is 1. The summed E-state index contributed by atoms with van der Waals surface area (Å²) < 4.78 is 39.7. The minimum Gasteiger partial charge on any atom is -0.322 e. The highest BCUT2D eigenvalue weighted by molar-refractivity contribution is 6.04. The van der Waals surface area contributed by atoms with E-state index in [-0.39, 0.29) is 11.3 Å². The van der Waals surface area contributed by atoms with Gasteiger partial charge >= 0.3 is 6.18 Å². The van der Waals surface area contributed by atoms with E-state index in [9.17, 15) is 18.0 Å². The first-order valence-electron chi connectivity index (χ1n) is 8.27. The molecule has 1 aliphatic heterocycles. The monoisotopic (exact) mass is 364 g/mol. The molecule has 1 aliphatic rings. The molecule has 0 aliphatic carbocycles. The predicted molar refractivity (Wildman–Crippen MR) is 91.8 cm³/mol. The van der Waals surface area contributed by atoms with E-state index < -0.39 is 17.6 Å². The largest absolute Gasteiger partial charge is 0.416 e. The molecule has 2 aromatic rings. The average molecular weight is 364 g/mol. The molecule has 0 unspecified atom stereocenters. The van der Waals surface area contributed by atoms with Gasteiger partial charge in [0, 0.05) is 50.8 Å². The Hall–Kier alpha value is -2.45. The van der Waals surface area contributed by atoms with Crippen LogP contribution in [0.2, 0.25) is 0 Å². The molecule has 2 N–H and O–H groups in total. The number of piperazine rings is 1. The number of anilines is 1. The quantitative estimate of drug-likeness (QED) is 0.876. The Morgan fingerprint density at radius 2 is 2.00 bits per heavy atom. The van der Waals surface area contributed by atoms with Crippen molar-refractivity contribution in [3.63, 3.8) is 0 Å². The second kappa shape index (κ2) is 7.84. The zero-order valence-corrected chi connectivity index (χ0v) is 14.0. The molecule has 8 heteroatoms. The third-order valence-electron chi connectivity index (χ3n) is 4.12. The molecule has 1 aromatic carbocycles. The van der Waals surface area contributed by atoms with E-state index in [1.54, 1.807) is 18.2 Å². The fraction of sp³-hybridized carbons (Fsp3) is 0.333. The van der Waals surface area contributed by atoms with Crippen LogP contribution < -0.4 is 10.6 Å². The van der Waals surface area contributed by atoms with E-state index in [1.807, 2.05) is 0 Å². The minimum atomic E-state index is -4.48. The molecule has 0 spiro atoms. The van der Waals surface area contributed by atoms with Gasteiger partial charge in [0.2, 0.25) is 0 Å². The topological polar surface area (TPSA) is 57.3 Å². The zero-order valence-electron chi connectivity index (χ0n) is 14.0. The molecule has 0 bridgehead atoms. The first-order chi connectivity index (χ1) is 12.4. The highest BCUT2D eigenvalue weighted by Crippen LogP contribution is 2.32. The molecule has 1 fully saturated rings. The molecule has 2 heterocycles. The fourth-order valence-corrected chi connectivity index (χ4v) is 2.85. The van der Waals surface area contributed by atoms with Gasteiger partial charge < -0.3 is 10.6 Å². The van der Waals surface area contributed by atoms with Gasteiger partial charge in [-0.25, -0.2) is 0 Å². The molecular weight excluding hydrogens is 345 g/mol. The lowest BCUT2D eigenvalue weighted by Crippen LogP contribution is -2.42. The maximum Gasteiger partial charge on any atom is 0.416 e. The summed E-state index contributed by atoms with van der Waals surface area (Å²) in [6.07, 6.45) is -1.59. The number of alkyl halides is 3. The highest BCUT2D eigenvalue weighted by atomic mass is 19.4. The first-order valence-corrected chi connectivity index (χ1v) is 8.27. The van der Waals surface area contributed by atoms with E-state index in [4.69, 9.17) is 0 Å². The normalized spacial score (nSPS) is 15.7. The molecule has 26 heavy (non-hydrogen) atoms. The average Bonchev–Trinajstić information content (AvgIpc) is 2.62. The van der Waals surface area contributed by atoms with Crippen molar-refractivity contribution in [1.82, 2.24) is 15.2 Å². The van der Waals surface area contributed by atoms with E-state index in [0.717, 1.165) is 38.3 Å². The number of amides is 1. The fourth-order valence-electron chi connectivity index (χ4n) is 2.85. The van der Waals surface area contributed by atoms with E-state index in [2.05, 4.69) is 20.5 Å². The molecule has 0 radical (unpaired) electrons. The maximum absolute atomic E-state index is 13.2. The van der Waals surface area contributed by atoms with Crippen LogP contribution in [-0.2, 0) is 12.7 Å². The Balaban J connectivity index is 1.83. The van der Waals surface area contributed by atoms with E-state index in [1.165, 1.54) is 12.4 Å². The van der Waals surface area contributed by atoms with Gasteiger partial charge in [0.15, 0.2) is 0 Å². The van der Waals surface area contributed by atoms with Crippen LogP contribution >= 0.6 is 0 Å². The van der Waals surface area contributed by atoms with Crippen molar-refractivity contribution in [2.24, 2.45) is 0 Å². The number of halogens is 3. The molecule has 1 aromatic heterocycles. The van der Waals surface area contributed by atoms with Crippen LogP contribution in [0.3, 0.4) is 0 Å². The summed E-state index contributed by atoms with van der Waals surface area (Å²) in [4.78, 5) is 18.2. The number of aromatic nitrogens is 1. The summed E-state index contributed by atoms with van der Waals surface area (Å²) in [5.74, 6) is -0.495. The third kappa shape index (κ3) is 4.80. The van der Waals surface area contributed by atoms with Crippen molar-refractivity contribution in [3.05, 3.63) is 59.4 Å². The number of pyridine rings is 1. The summed E-state index contributed by atoms with van der Waals surface area (Å²) in [6, 6.07) is 6.83. The SMILES string of the molecule is O=C(Nc1cc(CN2CCNCC2)cc(C(F)(F)F)c1)c1cccnc1. The van der Waals surface area contributed by atoms with Crippen molar-refractivity contribution in [3.8, 4) is 0 Å². The lowest BCUT2D eigenvalue weighted by atomic mass is 10.1. The summed E-state index contributed by atoms with van der Waals surface area (Å²) in [5, 5.41) is 5.75. The second-order valence-corrected chi connectivity index (χ2v) is 6.14. The molecule has 0 saturated carbocycles. The van der Waals surface area contributed by atoms with Crippen LogP contribution in [-0.4, -0.2) is 42.0 Å². The Bertz CT molecular complexity index is 759. The lowest BCUT2D eigenvalue weighted by Gasteiger charge is -2.27. The smallest absolute Gasteiger partial charge is 0.322 e. The Labute approximate surface area is 149 Å². The molecule has 0 atom stereocenters. The number of rotatable bonds is 4. The zero-order chi connectivity index (χ0) is 18.6. The van der Waals surface area contributed by atoms with Gasteiger partial charge in [0.1, 0.15) is 0 Å². The summed E-state index contributed by atoms with van der Waals surface area (Å²) in [6.45, 7) is 3.57. The van der Waals surface area contributed by atoms with Crippen molar-refractivity contribution in [2.45, 2.75) is 12.7 Å². The number of nitrogens with zero attached hydrogens (tertiary/aromatic N) is 2. The van der Waals surface area contributed by atoms with Crippen LogP contribution in [0.1, 0.15) is 21.5 Å². The summed E-state index contributed by atoms with van der Waals surface area (Å²) >= 11 is 0. The van der Waals surface area contributed by atoms with Crippen molar-refractivity contribution in [2.75, 3.05) is 31.5 Å². The molecule has 138 valence electrons. The highest BCUT2D eigenvalue weighted by Gasteiger charge is 2.31. The standard InChI is InChI=1S/C18H19F3N4O/c19-18(20,21)15-8-13(12-25-6-4-22-5-7-25)9-16(10-15)24-17(26)14-2-1-3-23-11-14/h1-3,8-11,22H,4-7,12H2,(H,24,26). The van der Waals surface area contributed by atoms with E-state index in [0.29, 0.717) is 12.1 Å². The number of carbonyl (C=O) groups excluding carboxylic acids is 1. The van der Waals surface area contributed by atoms with Gasteiger partial charge in [-0.1, -0.05) is 0 Å². The lowest BCUT2D eigenvalue weighted by molar-refractivity contribution is -0.137. The molecule has 5 nitrogen and oxygen atoms in total. The van der Waals surface area contributed by atoms with Gasteiger partial charge in [-0.3, -0.25) is 14.7 Å². The molecular formula is C18H19F3N4O. The number of carbonyl (C=O) groups is 1. The van der Waals surface area contributed by atoms with Gasteiger partial charge in [0.25, 0.3) is 5.91 Å². The van der Waals surface area contributed by atoms with Gasteiger partial charge in [-0.2, -0.15) is 13.2 Å². The van der Waals surface area contributed by atoms with Crippen LogP contribution in [0.4, 0.5) is 18.9 Å². The third-order valence-corrected chi connectivity index (χ3v) is 4.12. The first kappa shape index (κ1) is 18.3. The van der Waals surface area contributed by atoms with Crippen molar-refractivity contribution >= 4 is 11.6 Å². The summed E-state index contributed by atoms with van der Waals surface area (Å²) in [5.41, 5.74) is 0.155. The molecule has 1 saturated heterocycles. The van der Waals surface area contributed by atoms with Gasteiger partial charge in [-0.05, 0) is 35.9 Å². The van der Waals surface area contributed by atoms with E-state index >= 15 is 0 Å². The van der Waals surface area contributed by atoms with Crippen LogP contribution in [0.15, 0.2) is 42.7 Å². The Morgan fingerprint density at radius 3 is 2.65 bits per heavy atom. The second-order valence-electron chi connectivity index (χ2n) is 6.14. The Kier molecular flexibility index (Phi) is 5.53.